The predicted octanol–water partition coefficient (Wildman–Crippen LogP) is -0.599. The molecule has 1 amide bonds. The van der Waals surface area contributed by atoms with Gasteiger partial charge in [0.05, 0.1) is 12.7 Å². The first kappa shape index (κ1) is 14.0. The predicted molar refractivity (Wildman–Crippen MR) is 71.7 cm³/mol. The fourth-order valence-electron chi connectivity index (χ4n) is 2.37. The summed E-state index contributed by atoms with van der Waals surface area (Å²) >= 11 is 0. The van der Waals surface area contributed by atoms with Crippen LogP contribution in [0.1, 0.15) is 24.3 Å². The van der Waals surface area contributed by atoms with Crippen LogP contribution in [0.3, 0.4) is 0 Å². The lowest BCUT2D eigenvalue weighted by Gasteiger charge is -2.42. The standard InChI is InChI=1S/C12H22N6O/c1-9-6-17(7-10(2)16(9)3)12(19)11-8-18(5-4-13)15-14-11/h8-10H,4-7,13H2,1-3H3. The molecule has 0 bridgehead atoms. The smallest absolute Gasteiger partial charge is 0.276 e. The second-order valence-electron chi connectivity index (χ2n) is 5.23. The number of amides is 1. The van der Waals surface area contributed by atoms with Gasteiger partial charge in [0.2, 0.25) is 0 Å². The average Bonchev–Trinajstić information content (AvgIpc) is 2.83. The molecule has 2 unspecified atom stereocenters. The van der Waals surface area contributed by atoms with Crippen molar-refractivity contribution >= 4 is 5.91 Å². The van der Waals surface area contributed by atoms with Crippen LogP contribution in [-0.2, 0) is 6.54 Å². The number of hydrogen-bond acceptors (Lipinski definition) is 5. The van der Waals surface area contributed by atoms with Gasteiger partial charge in [-0.2, -0.15) is 0 Å². The summed E-state index contributed by atoms with van der Waals surface area (Å²) in [6, 6.07) is 0.707. The molecule has 1 aliphatic heterocycles. The Morgan fingerprint density at radius 1 is 1.42 bits per heavy atom. The van der Waals surface area contributed by atoms with Crippen molar-refractivity contribution < 1.29 is 4.79 Å². The molecule has 7 heteroatoms. The fraction of sp³-hybridized carbons (Fsp3) is 0.750. The molecule has 7 nitrogen and oxygen atoms in total. The molecule has 1 fully saturated rings. The van der Waals surface area contributed by atoms with E-state index in [1.807, 2.05) is 4.90 Å². The van der Waals surface area contributed by atoms with Crippen molar-refractivity contribution in [3.8, 4) is 0 Å². The van der Waals surface area contributed by atoms with Crippen molar-refractivity contribution in [1.82, 2.24) is 24.8 Å². The molecule has 19 heavy (non-hydrogen) atoms. The largest absolute Gasteiger partial charge is 0.334 e. The Kier molecular flexibility index (Phi) is 4.16. The maximum absolute atomic E-state index is 12.4. The molecule has 2 heterocycles. The number of likely N-dealkylation sites (N-methyl/N-ethyl adjacent to an activating group) is 1. The molecule has 2 N–H and O–H groups in total. The monoisotopic (exact) mass is 266 g/mol. The van der Waals surface area contributed by atoms with Crippen molar-refractivity contribution in [2.24, 2.45) is 5.73 Å². The molecule has 0 radical (unpaired) electrons. The first-order valence-corrected chi connectivity index (χ1v) is 6.64. The summed E-state index contributed by atoms with van der Waals surface area (Å²) in [5.41, 5.74) is 5.85. The SMILES string of the molecule is CC1CN(C(=O)c2cn(CCN)nn2)CC(C)N1C. The van der Waals surface area contributed by atoms with E-state index in [4.69, 9.17) is 5.73 Å². The lowest BCUT2D eigenvalue weighted by molar-refractivity contribution is 0.0409. The molecular formula is C12H22N6O. The molecule has 0 saturated carbocycles. The summed E-state index contributed by atoms with van der Waals surface area (Å²) in [4.78, 5) is 16.5. The molecule has 1 aromatic heterocycles. The molecule has 0 aliphatic carbocycles. The van der Waals surface area contributed by atoms with Crippen molar-refractivity contribution in [3.63, 3.8) is 0 Å². The maximum atomic E-state index is 12.4. The summed E-state index contributed by atoms with van der Waals surface area (Å²) in [5, 5.41) is 7.84. The van der Waals surface area contributed by atoms with Crippen molar-refractivity contribution in [2.45, 2.75) is 32.5 Å². The molecule has 2 rings (SSSR count). The molecule has 106 valence electrons. The van der Waals surface area contributed by atoms with Gasteiger partial charge in [-0.1, -0.05) is 5.21 Å². The van der Waals surface area contributed by atoms with E-state index in [0.29, 0.717) is 30.9 Å². The molecule has 0 spiro atoms. The molecule has 1 saturated heterocycles. The van der Waals surface area contributed by atoms with E-state index in [9.17, 15) is 4.79 Å². The Morgan fingerprint density at radius 2 is 2.05 bits per heavy atom. The highest BCUT2D eigenvalue weighted by molar-refractivity contribution is 5.92. The molecule has 1 aliphatic rings. The fourth-order valence-corrected chi connectivity index (χ4v) is 2.37. The second kappa shape index (κ2) is 5.66. The van der Waals surface area contributed by atoms with E-state index in [-0.39, 0.29) is 5.91 Å². The Hall–Kier alpha value is -1.47. The van der Waals surface area contributed by atoms with Gasteiger partial charge < -0.3 is 10.6 Å². The van der Waals surface area contributed by atoms with Gasteiger partial charge in [-0.15, -0.1) is 5.10 Å². The highest BCUT2D eigenvalue weighted by atomic mass is 16.2. The number of nitrogens with zero attached hydrogens (tertiary/aromatic N) is 5. The van der Waals surface area contributed by atoms with Gasteiger partial charge in [0.1, 0.15) is 0 Å². The van der Waals surface area contributed by atoms with E-state index in [1.54, 1.807) is 10.9 Å². The van der Waals surface area contributed by atoms with E-state index < -0.39 is 0 Å². The van der Waals surface area contributed by atoms with E-state index >= 15 is 0 Å². The van der Waals surface area contributed by atoms with Crippen LogP contribution in [0.15, 0.2) is 6.20 Å². The quantitative estimate of drug-likeness (QED) is 0.790. The average molecular weight is 266 g/mol. The Bertz CT molecular complexity index is 433. The van der Waals surface area contributed by atoms with Gasteiger partial charge in [0.25, 0.3) is 5.91 Å². The summed E-state index contributed by atoms with van der Waals surface area (Å²) in [6.45, 7) is 6.77. The van der Waals surface area contributed by atoms with Crippen LogP contribution in [0.2, 0.25) is 0 Å². The lowest BCUT2D eigenvalue weighted by Crippen LogP contribution is -2.56. The third-order valence-electron chi connectivity index (χ3n) is 3.76. The van der Waals surface area contributed by atoms with Gasteiger partial charge >= 0.3 is 0 Å². The van der Waals surface area contributed by atoms with Crippen LogP contribution in [0, 0.1) is 0 Å². The Labute approximate surface area is 113 Å². The topological polar surface area (TPSA) is 80.3 Å². The first-order valence-electron chi connectivity index (χ1n) is 6.64. The summed E-state index contributed by atoms with van der Waals surface area (Å²) in [5.74, 6) is -0.0462. The van der Waals surface area contributed by atoms with Crippen LogP contribution >= 0.6 is 0 Å². The van der Waals surface area contributed by atoms with Crippen LogP contribution < -0.4 is 5.73 Å². The van der Waals surface area contributed by atoms with Gasteiger partial charge in [-0.05, 0) is 20.9 Å². The van der Waals surface area contributed by atoms with Crippen molar-refractivity contribution in [1.29, 1.82) is 0 Å². The number of hydrogen-bond donors (Lipinski definition) is 1. The number of rotatable bonds is 3. The van der Waals surface area contributed by atoms with Crippen LogP contribution in [0.5, 0.6) is 0 Å². The van der Waals surface area contributed by atoms with E-state index in [0.717, 1.165) is 13.1 Å². The summed E-state index contributed by atoms with van der Waals surface area (Å²) in [7, 11) is 2.09. The molecular weight excluding hydrogens is 244 g/mol. The highest BCUT2D eigenvalue weighted by Crippen LogP contribution is 2.15. The minimum atomic E-state index is -0.0462. The van der Waals surface area contributed by atoms with Gasteiger partial charge in [0, 0.05) is 31.7 Å². The minimum Gasteiger partial charge on any atom is -0.334 e. The number of nitrogens with two attached hydrogens (primary N) is 1. The summed E-state index contributed by atoms with van der Waals surface area (Å²) < 4.78 is 1.61. The number of aromatic nitrogens is 3. The maximum Gasteiger partial charge on any atom is 0.276 e. The van der Waals surface area contributed by atoms with Gasteiger partial charge in [-0.3, -0.25) is 14.4 Å². The van der Waals surface area contributed by atoms with E-state index in [2.05, 4.69) is 36.1 Å². The van der Waals surface area contributed by atoms with E-state index in [1.165, 1.54) is 0 Å². The first-order chi connectivity index (χ1) is 9.02. The van der Waals surface area contributed by atoms with Crippen LogP contribution in [0.4, 0.5) is 0 Å². The summed E-state index contributed by atoms with van der Waals surface area (Å²) in [6.07, 6.45) is 1.67. The Morgan fingerprint density at radius 3 is 2.63 bits per heavy atom. The lowest BCUT2D eigenvalue weighted by atomic mass is 10.1. The van der Waals surface area contributed by atoms with Crippen molar-refractivity contribution in [3.05, 3.63) is 11.9 Å². The minimum absolute atomic E-state index is 0.0462. The number of piperazine rings is 1. The highest BCUT2D eigenvalue weighted by Gasteiger charge is 2.30. The zero-order valence-corrected chi connectivity index (χ0v) is 11.8. The third kappa shape index (κ3) is 2.93. The van der Waals surface area contributed by atoms with Crippen LogP contribution in [0.25, 0.3) is 0 Å². The third-order valence-corrected chi connectivity index (χ3v) is 3.76. The second-order valence-corrected chi connectivity index (χ2v) is 5.23. The molecule has 2 atom stereocenters. The van der Waals surface area contributed by atoms with Gasteiger partial charge in [-0.25, -0.2) is 0 Å². The number of carbonyl (C=O) groups excluding carboxylic acids is 1. The molecule has 1 aromatic rings. The normalized spacial score (nSPS) is 24.7. The number of carbonyl (C=O) groups is 1. The van der Waals surface area contributed by atoms with Gasteiger partial charge in [0.15, 0.2) is 5.69 Å². The zero-order valence-electron chi connectivity index (χ0n) is 11.8. The van der Waals surface area contributed by atoms with Crippen LogP contribution in [-0.4, -0.2) is 69.5 Å². The molecule has 0 aromatic carbocycles. The van der Waals surface area contributed by atoms with Crippen molar-refractivity contribution in [2.75, 3.05) is 26.7 Å². The zero-order chi connectivity index (χ0) is 14.0. The Balaban J connectivity index is 2.06.